The van der Waals surface area contributed by atoms with Gasteiger partial charge in [0.25, 0.3) is 11.6 Å². The third-order valence-electron chi connectivity index (χ3n) is 6.33. The van der Waals surface area contributed by atoms with Gasteiger partial charge in [0.1, 0.15) is 51.5 Å². The van der Waals surface area contributed by atoms with Gasteiger partial charge in [-0.2, -0.15) is 10.1 Å². The number of anilines is 2. The van der Waals surface area contributed by atoms with Crippen LogP contribution in [-0.2, 0) is 4.74 Å². The topological polar surface area (TPSA) is 264 Å². The number of carbonyl (C=O) groups is 1. The molecule has 8 aromatic rings. The van der Waals surface area contributed by atoms with E-state index in [0.717, 1.165) is 5.69 Å². The van der Waals surface area contributed by atoms with Crippen LogP contribution in [0.5, 0.6) is 17.4 Å². The minimum absolute atomic E-state index is 0.157. The molecule has 1 atom stereocenters. The van der Waals surface area contributed by atoms with Crippen molar-refractivity contribution >= 4 is 61.7 Å². The summed E-state index contributed by atoms with van der Waals surface area (Å²) in [7, 11) is 2.44. The summed E-state index contributed by atoms with van der Waals surface area (Å²) in [5, 5.41) is 27.4. The summed E-state index contributed by atoms with van der Waals surface area (Å²) in [5.74, 6) is 2.63. The molecule has 1 unspecified atom stereocenters. The lowest BCUT2D eigenvalue weighted by atomic mass is 10.2. The van der Waals surface area contributed by atoms with Crippen LogP contribution in [0.4, 0.5) is 16.2 Å². The Kier molecular flexibility index (Phi) is 18.4. The normalized spacial score (nSPS) is 10.1. The van der Waals surface area contributed by atoms with E-state index in [1.807, 2.05) is 24.3 Å². The molecule has 0 spiro atoms. The summed E-state index contributed by atoms with van der Waals surface area (Å²) >= 11 is 16.5. The van der Waals surface area contributed by atoms with Crippen LogP contribution in [0.3, 0.4) is 0 Å². The number of amides is 1. The second-order valence-electron chi connectivity index (χ2n) is 12.0. The van der Waals surface area contributed by atoms with Gasteiger partial charge in [-0.1, -0.05) is 54.7 Å². The first-order valence-electron chi connectivity index (χ1n) is 16.9. The van der Waals surface area contributed by atoms with Crippen molar-refractivity contribution < 1.29 is 28.7 Å². The van der Waals surface area contributed by atoms with Gasteiger partial charge in [-0.15, -0.1) is 9.36 Å². The maximum absolute atomic E-state index is 11.3. The van der Waals surface area contributed by atoms with Gasteiger partial charge in [-0.3, -0.25) is 10.4 Å². The van der Waals surface area contributed by atoms with Gasteiger partial charge in [-0.25, -0.2) is 34.9 Å². The Bertz CT molecular complexity index is 2380. The number of aromatic amines is 3. The van der Waals surface area contributed by atoms with E-state index in [1.54, 1.807) is 79.7 Å². The van der Waals surface area contributed by atoms with Gasteiger partial charge in [0.05, 0.1) is 12.1 Å². The number of hydrogen-bond acceptors (Lipinski definition) is 15. The fourth-order valence-corrected chi connectivity index (χ4v) is 4.55. The monoisotopic (exact) mass is 895 g/mol. The van der Waals surface area contributed by atoms with Gasteiger partial charge in [0.2, 0.25) is 18.5 Å². The predicted molar refractivity (Wildman–Crippen MR) is 223 cm³/mol. The summed E-state index contributed by atoms with van der Waals surface area (Å²) in [6.07, 6.45) is 12.9. The van der Waals surface area contributed by atoms with Crippen molar-refractivity contribution in [2.45, 2.75) is 26.4 Å². The lowest BCUT2D eigenvalue weighted by molar-refractivity contribution is -0.660. The molecule has 21 nitrogen and oxygen atoms in total. The van der Waals surface area contributed by atoms with Gasteiger partial charge < -0.3 is 19.7 Å². The van der Waals surface area contributed by atoms with E-state index in [0.29, 0.717) is 44.4 Å². The van der Waals surface area contributed by atoms with Crippen molar-refractivity contribution in [3.63, 3.8) is 0 Å². The van der Waals surface area contributed by atoms with Gasteiger partial charge in [0.15, 0.2) is 25.3 Å². The molecular weight excluding hydrogens is 860 g/mol. The minimum atomic E-state index is -0.513. The first-order valence-corrected chi connectivity index (χ1v) is 18.6. The summed E-state index contributed by atoms with van der Waals surface area (Å²) in [6, 6.07) is 18.6. The molecule has 2 aromatic carbocycles. The Balaban J connectivity index is 0.000000176. The number of aromatic nitrogens is 15. The largest absolute Gasteiger partial charge is 0.508 e. The van der Waals surface area contributed by atoms with Crippen LogP contribution >= 0.6 is 44.2 Å². The van der Waals surface area contributed by atoms with Crippen LogP contribution in [0, 0.1) is 0 Å². The number of halogens is 3. The molecule has 6 N–H and O–H groups in total. The molecule has 60 heavy (non-hydrogen) atoms. The summed E-state index contributed by atoms with van der Waals surface area (Å²) < 4.78 is 14.0. The van der Waals surface area contributed by atoms with E-state index >= 15 is 0 Å². The zero-order valence-corrected chi connectivity index (χ0v) is 35.2. The number of nitrogens with zero attached hydrogens (tertiary/aromatic N) is 12. The number of phenolic OH excluding ortho intramolecular Hbond substituents is 1. The molecule has 310 valence electrons. The van der Waals surface area contributed by atoms with E-state index in [1.165, 1.54) is 49.8 Å². The Morgan fingerprint density at radius 1 is 0.700 bits per heavy atom. The van der Waals surface area contributed by atoms with E-state index in [2.05, 4.69) is 85.0 Å². The van der Waals surface area contributed by atoms with Crippen LogP contribution < -0.4 is 24.5 Å². The van der Waals surface area contributed by atoms with Crippen molar-refractivity contribution in [1.82, 2.24) is 65.3 Å². The minimum Gasteiger partial charge on any atom is -0.508 e. The highest BCUT2D eigenvalue weighted by Crippen LogP contribution is 2.22. The third-order valence-corrected chi connectivity index (χ3v) is 7.29. The molecule has 25 heteroatoms. The van der Waals surface area contributed by atoms with Gasteiger partial charge in [-0.05, 0) is 78.7 Å². The van der Waals surface area contributed by atoms with E-state index in [-0.39, 0.29) is 5.75 Å². The SMILES string of the molecule is CC(C)(C)OC(=O)Nc1ccc(O)cc1.Clc1cc(-[n+]2cnc[nH]2)ncn1.Clc1cc(Cl)ncn1.PNc1ccc(Oc2cc(-[n+]3cnc[nH]3)ncn2)cc1.c1nc[nH]n1. The Hall–Kier alpha value is -6.93. The highest BCUT2D eigenvalue weighted by atomic mass is 35.5. The first-order chi connectivity index (χ1) is 28.9. The summed E-state index contributed by atoms with van der Waals surface area (Å²) in [5.41, 5.74) is 1.06. The molecule has 6 heterocycles. The third kappa shape index (κ3) is 17.7. The molecular formula is C35H37Cl3N17O4P+2. The number of ether oxygens (including phenoxy) is 2. The molecule has 0 fully saturated rings. The van der Waals surface area contributed by atoms with Crippen molar-refractivity contribution in [1.29, 1.82) is 0 Å². The average molecular weight is 897 g/mol. The molecule has 0 radical (unpaired) electrons. The number of carbonyl (C=O) groups excluding carboxylic acids is 1. The van der Waals surface area contributed by atoms with Crippen LogP contribution in [0.15, 0.2) is 124 Å². The first kappa shape index (κ1) is 45.8. The van der Waals surface area contributed by atoms with Crippen molar-refractivity contribution in [3.8, 4) is 29.0 Å². The number of hydrogen-bond donors (Lipinski definition) is 6. The highest BCUT2D eigenvalue weighted by molar-refractivity contribution is 7.18. The fourth-order valence-electron chi connectivity index (χ4n) is 3.87. The second kappa shape index (κ2) is 24.1. The number of phenols is 1. The van der Waals surface area contributed by atoms with Crippen molar-refractivity contribution in [2.24, 2.45) is 0 Å². The quantitative estimate of drug-likeness (QED) is 0.0489. The fraction of sp³-hybridized carbons (Fsp3) is 0.114. The van der Waals surface area contributed by atoms with Crippen molar-refractivity contribution in [3.05, 3.63) is 139 Å². The lowest BCUT2D eigenvalue weighted by Crippen LogP contribution is -2.32. The van der Waals surface area contributed by atoms with E-state index in [9.17, 15) is 4.79 Å². The second-order valence-corrected chi connectivity index (χ2v) is 13.4. The number of nitrogens with one attached hydrogen (secondary N) is 5. The van der Waals surface area contributed by atoms with Crippen LogP contribution in [-0.4, -0.2) is 82.1 Å². The number of aromatic hydroxyl groups is 1. The molecule has 1 amide bonds. The molecule has 0 aliphatic carbocycles. The van der Waals surface area contributed by atoms with Gasteiger partial charge in [0, 0.05) is 17.4 Å². The zero-order chi connectivity index (χ0) is 43.2. The molecule has 6 aromatic heterocycles. The smallest absolute Gasteiger partial charge is 0.412 e. The van der Waals surface area contributed by atoms with Crippen LogP contribution in [0.25, 0.3) is 11.6 Å². The maximum Gasteiger partial charge on any atom is 0.412 e. The molecule has 0 aliphatic heterocycles. The highest BCUT2D eigenvalue weighted by Gasteiger charge is 2.16. The Morgan fingerprint density at radius 3 is 1.70 bits per heavy atom. The number of benzene rings is 2. The van der Waals surface area contributed by atoms with E-state index in [4.69, 9.17) is 49.4 Å². The summed E-state index contributed by atoms with van der Waals surface area (Å²) in [4.78, 5) is 45.8. The average Bonchev–Trinajstić information content (AvgIpc) is 4.06. The molecule has 8 rings (SSSR count). The van der Waals surface area contributed by atoms with Crippen molar-refractivity contribution in [2.75, 3.05) is 10.4 Å². The molecule has 0 saturated carbocycles. The zero-order valence-electron chi connectivity index (χ0n) is 31.8. The maximum atomic E-state index is 11.3. The number of H-pyrrole nitrogens is 3. The lowest BCUT2D eigenvalue weighted by Gasteiger charge is -2.19. The number of rotatable bonds is 6. The van der Waals surface area contributed by atoms with Crippen LogP contribution in [0.2, 0.25) is 15.5 Å². The predicted octanol–water partition coefficient (Wildman–Crippen LogP) is 5.93. The summed E-state index contributed by atoms with van der Waals surface area (Å²) in [6.45, 7) is 5.39. The van der Waals surface area contributed by atoms with Gasteiger partial charge >= 0.3 is 6.09 Å². The Labute approximate surface area is 359 Å². The van der Waals surface area contributed by atoms with E-state index < -0.39 is 11.7 Å². The molecule has 0 bridgehead atoms. The Morgan fingerprint density at radius 2 is 1.25 bits per heavy atom. The van der Waals surface area contributed by atoms with Crippen LogP contribution in [0.1, 0.15) is 20.8 Å². The standard InChI is InChI=1S/C12H11N6OP.C11H15NO3.C6H4ClN5.C4H2Cl2N2.C2H3N3/c20-17-9-1-3-10(4-2-9)19-12-5-11(14-7-15-12)18-8-13-6-16-18;1-11(2,3)15-10(14)12-8-4-6-9(13)7-5-8;7-5-1-6(10-3-9-5)12-4-8-2-11-12;5-3-1-4(6)8-2-7-3;1-3-2-5-4-1/h1-8,17H,20H2;4-7,13H,1-3H3,(H,12,14);1-4H;1-2H;1-2H,(H,3,4,5)/p+2. The molecule has 0 saturated heterocycles. The molecule has 0 aliphatic rings.